The average molecular weight is 545 g/mol. The lowest BCUT2D eigenvalue weighted by molar-refractivity contribution is -0.174. The minimum atomic E-state index is -5.26. The summed E-state index contributed by atoms with van der Waals surface area (Å²) >= 11 is 0. The molecular weight excluding hydrogens is 509 g/mol. The van der Waals surface area contributed by atoms with Crippen LogP contribution in [0.5, 0.6) is 0 Å². The fourth-order valence-electron chi connectivity index (χ4n) is 3.42. The third kappa shape index (κ3) is 11.6. The van der Waals surface area contributed by atoms with E-state index in [0.717, 1.165) is 5.56 Å². The van der Waals surface area contributed by atoms with Gasteiger partial charge in [-0.25, -0.2) is 4.79 Å². The topological polar surface area (TPSA) is 157 Å². The SMILES string of the molecule is CC(C)C[C@H](NC(=O)[C@@H](NC(=O)OCc1ccccc1)C(C)C)C(=O)N[C@@H](CCC(N)=O)C(=O)C(F)(F)F. The summed E-state index contributed by atoms with van der Waals surface area (Å²) in [7, 11) is 0. The first-order valence-corrected chi connectivity index (χ1v) is 12.1. The van der Waals surface area contributed by atoms with E-state index in [1.165, 1.54) is 0 Å². The summed E-state index contributed by atoms with van der Waals surface area (Å²) in [5, 5.41) is 6.88. The van der Waals surface area contributed by atoms with Crippen LogP contribution in [0, 0.1) is 11.8 Å². The second-order valence-corrected chi connectivity index (χ2v) is 9.55. The molecule has 0 aliphatic rings. The molecule has 0 saturated carbocycles. The van der Waals surface area contributed by atoms with Crippen molar-refractivity contribution in [1.29, 1.82) is 0 Å². The van der Waals surface area contributed by atoms with E-state index in [1.54, 1.807) is 58.0 Å². The lowest BCUT2D eigenvalue weighted by atomic mass is 9.99. The quantitative estimate of drug-likeness (QED) is 0.282. The number of ether oxygens (including phenoxy) is 1. The number of carbonyl (C=O) groups is 5. The zero-order valence-corrected chi connectivity index (χ0v) is 21.8. The number of hydrogen-bond acceptors (Lipinski definition) is 6. The maximum atomic E-state index is 13.0. The van der Waals surface area contributed by atoms with Crippen molar-refractivity contribution in [3.8, 4) is 0 Å². The molecule has 5 N–H and O–H groups in total. The third-order valence-electron chi connectivity index (χ3n) is 5.37. The van der Waals surface area contributed by atoms with Gasteiger partial charge in [0.15, 0.2) is 0 Å². The molecule has 1 aromatic carbocycles. The van der Waals surface area contributed by atoms with Crippen molar-refractivity contribution < 1.29 is 41.9 Å². The largest absolute Gasteiger partial charge is 0.452 e. The summed E-state index contributed by atoms with van der Waals surface area (Å²) in [4.78, 5) is 61.1. The zero-order valence-electron chi connectivity index (χ0n) is 21.8. The smallest absolute Gasteiger partial charge is 0.445 e. The van der Waals surface area contributed by atoms with Crippen LogP contribution in [0.3, 0.4) is 0 Å². The molecule has 0 heterocycles. The van der Waals surface area contributed by atoms with Crippen LogP contribution in [-0.4, -0.2) is 53.9 Å². The van der Waals surface area contributed by atoms with Gasteiger partial charge in [0, 0.05) is 6.42 Å². The fraction of sp³-hybridized carbons (Fsp3) is 0.560. The molecule has 10 nitrogen and oxygen atoms in total. The molecule has 0 radical (unpaired) electrons. The molecule has 3 atom stereocenters. The van der Waals surface area contributed by atoms with Crippen LogP contribution in [0.25, 0.3) is 0 Å². The van der Waals surface area contributed by atoms with E-state index in [-0.39, 0.29) is 18.9 Å². The van der Waals surface area contributed by atoms with Gasteiger partial charge in [-0.3, -0.25) is 19.2 Å². The standard InChI is InChI=1S/C25H35F3N4O6/c1-14(2)12-18(22(35)30-17(10-11-19(29)33)21(34)25(26,27)28)31-23(36)20(15(3)4)32-24(37)38-13-16-8-6-5-7-9-16/h5-9,14-15,17-18,20H,10-13H2,1-4H3,(H2,29,33)(H,30,35)(H,31,36)(H,32,37)/t17-,18-,20-/m0/s1. The van der Waals surface area contributed by atoms with E-state index < -0.39 is 72.7 Å². The number of primary amides is 1. The van der Waals surface area contributed by atoms with E-state index in [9.17, 15) is 37.1 Å². The Labute approximate surface area is 219 Å². The predicted molar refractivity (Wildman–Crippen MR) is 131 cm³/mol. The van der Waals surface area contributed by atoms with E-state index in [2.05, 4.69) is 10.6 Å². The van der Waals surface area contributed by atoms with Gasteiger partial charge in [0.05, 0.1) is 6.04 Å². The van der Waals surface area contributed by atoms with Gasteiger partial charge in [-0.15, -0.1) is 0 Å². The molecule has 0 saturated heterocycles. The van der Waals surface area contributed by atoms with E-state index in [4.69, 9.17) is 10.5 Å². The van der Waals surface area contributed by atoms with Gasteiger partial charge in [-0.05, 0) is 30.2 Å². The van der Waals surface area contributed by atoms with Crippen molar-refractivity contribution in [2.24, 2.45) is 17.6 Å². The van der Waals surface area contributed by atoms with E-state index >= 15 is 0 Å². The number of benzene rings is 1. The van der Waals surface area contributed by atoms with Crippen LogP contribution in [0.2, 0.25) is 0 Å². The number of nitrogens with one attached hydrogen (secondary N) is 3. The highest BCUT2D eigenvalue weighted by atomic mass is 19.4. The summed E-state index contributed by atoms with van der Waals surface area (Å²) in [5.74, 6) is -5.64. The maximum absolute atomic E-state index is 13.0. The lowest BCUT2D eigenvalue weighted by Gasteiger charge is -2.27. The Kier molecular flexibility index (Phi) is 12.7. The monoisotopic (exact) mass is 544 g/mol. The highest BCUT2D eigenvalue weighted by molar-refractivity contribution is 5.96. The summed E-state index contributed by atoms with van der Waals surface area (Å²) in [6.07, 6.45) is -7.36. The fourth-order valence-corrected chi connectivity index (χ4v) is 3.42. The number of halogens is 3. The summed E-state index contributed by atoms with van der Waals surface area (Å²) in [6, 6.07) is 4.29. The number of hydrogen-bond donors (Lipinski definition) is 4. The normalized spacial score (nSPS) is 13.8. The number of alkyl halides is 3. The molecule has 13 heteroatoms. The zero-order chi connectivity index (χ0) is 29.0. The minimum Gasteiger partial charge on any atom is -0.445 e. The number of ketones is 1. The van der Waals surface area contributed by atoms with Crippen molar-refractivity contribution in [1.82, 2.24) is 16.0 Å². The second-order valence-electron chi connectivity index (χ2n) is 9.55. The van der Waals surface area contributed by atoms with Gasteiger partial charge in [0.2, 0.25) is 17.7 Å². The van der Waals surface area contributed by atoms with Crippen molar-refractivity contribution >= 4 is 29.6 Å². The molecule has 0 unspecified atom stereocenters. The molecular formula is C25H35F3N4O6. The Balaban J connectivity index is 2.97. The minimum absolute atomic E-state index is 0.0175. The Morgan fingerprint density at radius 2 is 1.47 bits per heavy atom. The van der Waals surface area contributed by atoms with Crippen LogP contribution in [0.15, 0.2) is 30.3 Å². The third-order valence-corrected chi connectivity index (χ3v) is 5.37. The van der Waals surface area contributed by atoms with Crippen LogP contribution in [0.4, 0.5) is 18.0 Å². The van der Waals surface area contributed by atoms with Crippen molar-refractivity contribution in [2.75, 3.05) is 0 Å². The number of Topliss-reactive ketones (excluding diaryl/α,β-unsaturated/α-hetero) is 1. The molecule has 38 heavy (non-hydrogen) atoms. The van der Waals surface area contributed by atoms with Crippen LogP contribution < -0.4 is 21.7 Å². The molecule has 0 fully saturated rings. The molecule has 212 valence electrons. The first-order valence-electron chi connectivity index (χ1n) is 12.1. The Morgan fingerprint density at radius 3 is 1.97 bits per heavy atom. The van der Waals surface area contributed by atoms with Crippen LogP contribution >= 0.6 is 0 Å². The lowest BCUT2D eigenvalue weighted by Crippen LogP contribution is -2.58. The summed E-state index contributed by atoms with van der Waals surface area (Å²) < 4.78 is 44.3. The van der Waals surface area contributed by atoms with Crippen molar-refractivity contribution in [3.63, 3.8) is 0 Å². The highest BCUT2D eigenvalue weighted by Gasteiger charge is 2.44. The van der Waals surface area contributed by atoms with E-state index in [1.807, 2.05) is 5.32 Å². The van der Waals surface area contributed by atoms with Gasteiger partial charge in [0.1, 0.15) is 18.7 Å². The molecule has 0 aromatic heterocycles. The molecule has 0 spiro atoms. The number of nitrogens with two attached hydrogens (primary N) is 1. The summed E-state index contributed by atoms with van der Waals surface area (Å²) in [5.41, 5.74) is 5.71. The predicted octanol–water partition coefficient (Wildman–Crippen LogP) is 2.35. The number of carbonyl (C=O) groups excluding carboxylic acids is 5. The Morgan fingerprint density at radius 1 is 0.895 bits per heavy atom. The average Bonchev–Trinajstić information content (AvgIpc) is 2.82. The molecule has 0 aliphatic carbocycles. The van der Waals surface area contributed by atoms with Gasteiger partial charge >= 0.3 is 12.3 Å². The number of rotatable bonds is 14. The van der Waals surface area contributed by atoms with Gasteiger partial charge in [-0.2, -0.15) is 13.2 Å². The Hall–Kier alpha value is -3.64. The molecule has 0 aliphatic heterocycles. The molecule has 1 rings (SSSR count). The molecule has 0 bridgehead atoms. The highest BCUT2D eigenvalue weighted by Crippen LogP contribution is 2.20. The van der Waals surface area contributed by atoms with Gasteiger partial charge in [0.25, 0.3) is 5.78 Å². The van der Waals surface area contributed by atoms with Crippen molar-refractivity contribution in [3.05, 3.63) is 35.9 Å². The second kappa shape index (κ2) is 14.9. The number of alkyl carbamates (subject to hydrolysis) is 1. The first-order chi connectivity index (χ1) is 17.6. The first kappa shape index (κ1) is 32.4. The van der Waals surface area contributed by atoms with Crippen LogP contribution in [-0.2, 0) is 30.5 Å². The van der Waals surface area contributed by atoms with E-state index in [0.29, 0.717) is 0 Å². The Bertz CT molecular complexity index is 970. The van der Waals surface area contributed by atoms with Gasteiger partial charge < -0.3 is 26.4 Å². The maximum Gasteiger partial charge on any atom is 0.452 e. The van der Waals surface area contributed by atoms with Crippen molar-refractivity contribution in [2.45, 2.75) is 77.9 Å². The molecule has 1 aromatic rings. The molecule has 4 amide bonds. The summed E-state index contributed by atoms with van der Waals surface area (Å²) in [6.45, 7) is 6.67. The number of amides is 4. The van der Waals surface area contributed by atoms with Gasteiger partial charge in [-0.1, -0.05) is 58.0 Å². The van der Waals surface area contributed by atoms with Crippen LogP contribution in [0.1, 0.15) is 52.5 Å².